The molecule has 0 radical (unpaired) electrons. The van der Waals surface area contributed by atoms with Crippen molar-refractivity contribution in [3.05, 3.63) is 5.92 Å². The number of unbranched alkanes of at least 4 members (excludes halogenated alkanes) is 1. The Labute approximate surface area is 112 Å². The fourth-order valence-electron chi connectivity index (χ4n) is 2.80. The van der Waals surface area contributed by atoms with Crippen LogP contribution >= 0.6 is 0 Å². The van der Waals surface area contributed by atoms with Gasteiger partial charge < -0.3 is 5.92 Å². The van der Waals surface area contributed by atoms with Gasteiger partial charge in [-0.15, -0.1) is 0 Å². The standard InChI is InChI=1S/C14H29.Ti/c1-6-11-12-14(9-4,10-5)13(7-2)8-3;/h6-12H2,1-5H3;/q-1;. The summed E-state index contributed by atoms with van der Waals surface area (Å²) < 4.78 is 0. The van der Waals surface area contributed by atoms with Crippen molar-refractivity contribution in [1.82, 2.24) is 0 Å². The summed E-state index contributed by atoms with van der Waals surface area (Å²) in [6.07, 6.45) is 9.37. The topological polar surface area (TPSA) is 0 Å². The SMILES string of the molecule is CCCCC(CC)(CC)[C-](CC)CC.[Ti]. The summed E-state index contributed by atoms with van der Waals surface area (Å²) in [5.74, 6) is 1.80. The van der Waals surface area contributed by atoms with Crippen molar-refractivity contribution in [2.75, 3.05) is 0 Å². The van der Waals surface area contributed by atoms with Crippen LogP contribution in [0.15, 0.2) is 0 Å². The maximum Gasteiger partial charge on any atom is 0 e. The minimum Gasteiger partial charge on any atom is -0.308 e. The van der Waals surface area contributed by atoms with E-state index in [9.17, 15) is 0 Å². The zero-order chi connectivity index (χ0) is 11.0. The Morgan fingerprint density at radius 2 is 1.33 bits per heavy atom. The molecule has 90 valence electrons. The quantitative estimate of drug-likeness (QED) is 0.398. The molecule has 0 saturated carbocycles. The predicted octanol–water partition coefficient (Wildman–Crippen LogP) is 5.37. The van der Waals surface area contributed by atoms with E-state index in [1.165, 1.54) is 44.9 Å². The van der Waals surface area contributed by atoms with Gasteiger partial charge in [-0.3, -0.25) is 0 Å². The van der Waals surface area contributed by atoms with Crippen LogP contribution in [0.3, 0.4) is 0 Å². The van der Waals surface area contributed by atoms with Crippen LogP contribution in [0.4, 0.5) is 0 Å². The number of hydrogen-bond donors (Lipinski definition) is 0. The summed E-state index contributed by atoms with van der Waals surface area (Å²) in [5.41, 5.74) is 0.569. The second kappa shape index (κ2) is 9.91. The first-order valence-corrected chi connectivity index (χ1v) is 6.55. The van der Waals surface area contributed by atoms with Crippen LogP contribution in [0.25, 0.3) is 0 Å². The summed E-state index contributed by atoms with van der Waals surface area (Å²) in [7, 11) is 0. The first-order chi connectivity index (χ1) is 6.70. The first-order valence-electron chi connectivity index (χ1n) is 6.55. The van der Waals surface area contributed by atoms with Crippen LogP contribution in [-0.4, -0.2) is 0 Å². The maximum atomic E-state index is 2.37. The molecule has 0 unspecified atom stereocenters. The van der Waals surface area contributed by atoms with Crippen molar-refractivity contribution in [2.24, 2.45) is 5.41 Å². The second-order valence-corrected chi connectivity index (χ2v) is 4.40. The van der Waals surface area contributed by atoms with E-state index in [1.54, 1.807) is 5.92 Å². The van der Waals surface area contributed by atoms with Gasteiger partial charge in [0, 0.05) is 21.7 Å². The molecule has 0 aromatic rings. The van der Waals surface area contributed by atoms with Gasteiger partial charge in [0.2, 0.25) is 0 Å². The Morgan fingerprint density at radius 3 is 1.60 bits per heavy atom. The van der Waals surface area contributed by atoms with Crippen LogP contribution in [0.1, 0.15) is 79.6 Å². The molecule has 0 rings (SSSR count). The van der Waals surface area contributed by atoms with Crippen molar-refractivity contribution in [3.63, 3.8) is 0 Å². The van der Waals surface area contributed by atoms with Crippen molar-refractivity contribution < 1.29 is 21.7 Å². The van der Waals surface area contributed by atoms with Crippen LogP contribution in [-0.2, 0) is 21.7 Å². The fraction of sp³-hybridized carbons (Fsp3) is 0.929. The normalized spacial score (nSPS) is 11.6. The zero-order valence-corrected chi connectivity index (χ0v) is 13.0. The third-order valence-corrected chi connectivity index (χ3v) is 3.97. The van der Waals surface area contributed by atoms with E-state index in [0.717, 1.165) is 0 Å². The molecular formula is C14H29Ti-. The van der Waals surface area contributed by atoms with Crippen LogP contribution in [0, 0.1) is 11.3 Å². The molecule has 1 heteroatoms. The third-order valence-electron chi connectivity index (χ3n) is 3.97. The van der Waals surface area contributed by atoms with Crippen molar-refractivity contribution in [3.8, 4) is 0 Å². The van der Waals surface area contributed by atoms with Crippen molar-refractivity contribution in [2.45, 2.75) is 79.6 Å². The van der Waals surface area contributed by atoms with Crippen LogP contribution in [0.2, 0.25) is 0 Å². The van der Waals surface area contributed by atoms with Crippen molar-refractivity contribution in [1.29, 1.82) is 0 Å². The summed E-state index contributed by atoms with van der Waals surface area (Å²) in [5, 5.41) is 0. The molecule has 15 heavy (non-hydrogen) atoms. The second-order valence-electron chi connectivity index (χ2n) is 4.40. The average Bonchev–Trinajstić information content (AvgIpc) is 2.24. The number of rotatable bonds is 8. The van der Waals surface area contributed by atoms with Gasteiger partial charge in [0.25, 0.3) is 0 Å². The predicted molar refractivity (Wildman–Crippen MR) is 66.4 cm³/mol. The van der Waals surface area contributed by atoms with E-state index >= 15 is 0 Å². The Balaban J connectivity index is 0. The van der Waals surface area contributed by atoms with E-state index in [1.807, 2.05) is 0 Å². The average molecular weight is 245 g/mol. The van der Waals surface area contributed by atoms with Gasteiger partial charge in [-0.1, -0.05) is 66.7 Å². The molecule has 0 heterocycles. The Kier molecular flexibility index (Phi) is 11.9. The molecule has 0 aliphatic heterocycles. The molecule has 0 aromatic carbocycles. The van der Waals surface area contributed by atoms with Crippen molar-refractivity contribution >= 4 is 0 Å². The summed E-state index contributed by atoms with van der Waals surface area (Å²) >= 11 is 0. The van der Waals surface area contributed by atoms with Gasteiger partial charge in [0.15, 0.2) is 0 Å². The molecule has 0 aliphatic carbocycles. The van der Waals surface area contributed by atoms with E-state index in [4.69, 9.17) is 0 Å². The monoisotopic (exact) mass is 245 g/mol. The fourth-order valence-corrected chi connectivity index (χ4v) is 2.80. The van der Waals surface area contributed by atoms with E-state index in [-0.39, 0.29) is 21.7 Å². The van der Waals surface area contributed by atoms with E-state index in [2.05, 4.69) is 34.6 Å². The Hall–Kier alpha value is 0.714. The van der Waals surface area contributed by atoms with E-state index in [0.29, 0.717) is 5.41 Å². The van der Waals surface area contributed by atoms with Crippen LogP contribution < -0.4 is 0 Å². The molecule has 0 spiro atoms. The minimum atomic E-state index is 0. The molecule has 0 fully saturated rings. The molecule has 0 aliphatic rings. The molecule has 0 amide bonds. The van der Waals surface area contributed by atoms with E-state index < -0.39 is 0 Å². The maximum absolute atomic E-state index is 2.37. The molecular weight excluding hydrogens is 216 g/mol. The first kappa shape index (κ1) is 18.1. The van der Waals surface area contributed by atoms with Gasteiger partial charge in [0.1, 0.15) is 0 Å². The third kappa shape index (κ3) is 5.04. The zero-order valence-electron chi connectivity index (χ0n) is 11.4. The Morgan fingerprint density at radius 1 is 0.867 bits per heavy atom. The smallest absolute Gasteiger partial charge is 0 e. The van der Waals surface area contributed by atoms with Gasteiger partial charge in [0.05, 0.1) is 0 Å². The number of hydrogen-bond acceptors (Lipinski definition) is 0. The summed E-state index contributed by atoms with van der Waals surface area (Å²) in [6, 6.07) is 0. The van der Waals surface area contributed by atoms with Crippen LogP contribution in [0.5, 0.6) is 0 Å². The van der Waals surface area contributed by atoms with Gasteiger partial charge in [-0.05, 0) is 0 Å². The summed E-state index contributed by atoms with van der Waals surface area (Å²) in [6.45, 7) is 11.7. The molecule has 0 saturated heterocycles. The van der Waals surface area contributed by atoms with Gasteiger partial charge in [-0.25, -0.2) is 0 Å². The largest absolute Gasteiger partial charge is 0.308 e. The summed E-state index contributed by atoms with van der Waals surface area (Å²) in [4.78, 5) is 0. The molecule has 0 N–H and O–H groups in total. The Bertz CT molecular complexity index is 123. The molecule has 0 aromatic heterocycles. The van der Waals surface area contributed by atoms with Gasteiger partial charge >= 0.3 is 0 Å². The minimum absolute atomic E-state index is 0. The van der Waals surface area contributed by atoms with Gasteiger partial charge in [-0.2, -0.15) is 18.3 Å². The molecule has 0 bridgehead atoms. The molecule has 0 atom stereocenters. The molecule has 0 nitrogen and oxygen atoms in total.